The predicted molar refractivity (Wildman–Crippen MR) is 129 cm³/mol. The van der Waals surface area contributed by atoms with E-state index >= 15 is 4.39 Å². The summed E-state index contributed by atoms with van der Waals surface area (Å²) in [4.78, 5) is 18.2. The molecule has 1 aliphatic rings. The number of methoxy groups -OCH3 is 1. The van der Waals surface area contributed by atoms with Crippen LogP contribution in [0, 0.1) is 11.8 Å². The summed E-state index contributed by atoms with van der Waals surface area (Å²) >= 11 is 0. The SMILES string of the molecule is COc1ccc2nccc([C@H](F)CC[C@@H]3CCN(CCCc4ccoc4)C[C@@H]3CC(=O)O)c2c1. The average molecular weight is 469 g/mol. The van der Waals surface area contributed by atoms with Gasteiger partial charge in [-0.25, -0.2) is 4.39 Å². The second-order valence-electron chi connectivity index (χ2n) is 9.27. The average Bonchev–Trinajstić information content (AvgIpc) is 3.36. The summed E-state index contributed by atoms with van der Waals surface area (Å²) in [6, 6.07) is 9.22. The maximum absolute atomic E-state index is 15.4. The van der Waals surface area contributed by atoms with Crippen molar-refractivity contribution in [3.8, 4) is 5.75 Å². The fourth-order valence-electron chi connectivity index (χ4n) is 5.20. The number of carboxylic acid groups (broad SMARTS) is 1. The Hall–Kier alpha value is -2.93. The normalized spacial score (nSPS) is 19.8. The number of aromatic nitrogens is 1. The molecule has 3 heterocycles. The lowest BCUT2D eigenvalue weighted by atomic mass is 9.79. The number of alkyl halides is 1. The highest BCUT2D eigenvalue weighted by Gasteiger charge is 2.31. The number of furan rings is 1. The maximum Gasteiger partial charge on any atom is 0.303 e. The van der Waals surface area contributed by atoms with E-state index in [9.17, 15) is 9.90 Å². The van der Waals surface area contributed by atoms with Crippen LogP contribution < -0.4 is 4.74 Å². The highest BCUT2D eigenvalue weighted by molar-refractivity contribution is 5.83. The van der Waals surface area contributed by atoms with Gasteiger partial charge in [0.2, 0.25) is 0 Å². The van der Waals surface area contributed by atoms with Crippen LogP contribution >= 0.6 is 0 Å². The number of likely N-dealkylation sites (tertiary alicyclic amines) is 1. The molecule has 7 heteroatoms. The number of hydrogen-bond acceptors (Lipinski definition) is 5. The van der Waals surface area contributed by atoms with Gasteiger partial charge in [-0.1, -0.05) is 0 Å². The number of aryl methyl sites for hydroxylation is 1. The third-order valence-electron chi connectivity index (χ3n) is 7.04. The lowest BCUT2D eigenvalue weighted by molar-refractivity contribution is -0.139. The summed E-state index contributed by atoms with van der Waals surface area (Å²) in [5, 5.41) is 10.2. The van der Waals surface area contributed by atoms with Crippen LogP contribution in [-0.4, -0.2) is 47.7 Å². The minimum absolute atomic E-state index is 0.0432. The number of nitrogens with zero attached hydrogens (tertiary/aromatic N) is 2. The van der Waals surface area contributed by atoms with E-state index in [2.05, 4.69) is 9.88 Å². The third kappa shape index (κ3) is 6.14. The van der Waals surface area contributed by atoms with E-state index in [0.29, 0.717) is 24.2 Å². The summed E-state index contributed by atoms with van der Waals surface area (Å²) in [7, 11) is 1.59. The van der Waals surface area contributed by atoms with Crippen LogP contribution in [0.5, 0.6) is 5.75 Å². The fourth-order valence-corrected chi connectivity index (χ4v) is 5.20. The number of fused-ring (bicyclic) bond motifs is 1. The molecule has 0 saturated carbocycles. The van der Waals surface area contributed by atoms with Crippen LogP contribution in [0.2, 0.25) is 0 Å². The molecule has 0 bridgehead atoms. The topological polar surface area (TPSA) is 75.8 Å². The van der Waals surface area contributed by atoms with Crippen molar-refractivity contribution in [2.45, 2.75) is 44.7 Å². The summed E-state index contributed by atoms with van der Waals surface area (Å²) in [6.07, 6.45) is 8.03. The number of piperidine rings is 1. The Balaban J connectivity index is 1.35. The molecule has 34 heavy (non-hydrogen) atoms. The van der Waals surface area contributed by atoms with Gasteiger partial charge >= 0.3 is 5.97 Å². The van der Waals surface area contributed by atoms with Crippen LogP contribution in [0.1, 0.15) is 49.4 Å². The van der Waals surface area contributed by atoms with Crippen molar-refractivity contribution in [3.63, 3.8) is 0 Å². The van der Waals surface area contributed by atoms with Crippen molar-refractivity contribution in [1.82, 2.24) is 9.88 Å². The van der Waals surface area contributed by atoms with E-state index in [1.165, 1.54) is 5.56 Å². The second-order valence-corrected chi connectivity index (χ2v) is 9.27. The van der Waals surface area contributed by atoms with Gasteiger partial charge in [-0.2, -0.15) is 0 Å². The molecule has 1 aliphatic heterocycles. The molecule has 1 fully saturated rings. The smallest absolute Gasteiger partial charge is 0.303 e. The molecule has 4 rings (SSSR count). The first-order chi connectivity index (χ1) is 16.5. The number of aliphatic carboxylic acids is 1. The molecule has 1 aromatic carbocycles. The number of carbonyl (C=O) groups is 1. The first kappa shape index (κ1) is 24.2. The largest absolute Gasteiger partial charge is 0.497 e. The molecule has 0 spiro atoms. The van der Waals surface area contributed by atoms with E-state index in [-0.39, 0.29) is 18.3 Å². The molecule has 182 valence electrons. The van der Waals surface area contributed by atoms with Crippen molar-refractivity contribution < 1.29 is 23.4 Å². The van der Waals surface area contributed by atoms with Crippen LogP contribution in [-0.2, 0) is 11.2 Å². The molecule has 6 nitrogen and oxygen atoms in total. The maximum atomic E-state index is 15.4. The molecular weight excluding hydrogens is 435 g/mol. The van der Waals surface area contributed by atoms with Gasteiger partial charge in [0.05, 0.1) is 25.2 Å². The highest BCUT2D eigenvalue weighted by Crippen LogP contribution is 2.36. The number of ether oxygens (including phenoxy) is 1. The van der Waals surface area contributed by atoms with Gasteiger partial charge in [-0.05, 0) is 98.5 Å². The van der Waals surface area contributed by atoms with Gasteiger partial charge < -0.3 is 19.2 Å². The molecule has 2 aromatic heterocycles. The van der Waals surface area contributed by atoms with Crippen molar-refractivity contribution in [1.29, 1.82) is 0 Å². The number of pyridine rings is 1. The Kier molecular flexibility index (Phi) is 8.16. The zero-order chi connectivity index (χ0) is 23.9. The van der Waals surface area contributed by atoms with Gasteiger partial charge in [0.1, 0.15) is 11.9 Å². The van der Waals surface area contributed by atoms with Gasteiger partial charge in [0.15, 0.2) is 0 Å². The monoisotopic (exact) mass is 468 g/mol. The Morgan fingerprint density at radius 3 is 2.97 bits per heavy atom. The molecular formula is C27H33FN2O4. The van der Waals surface area contributed by atoms with Crippen LogP contribution in [0.3, 0.4) is 0 Å². The molecule has 3 aromatic rings. The van der Waals surface area contributed by atoms with Crippen molar-refractivity contribution in [2.24, 2.45) is 11.8 Å². The summed E-state index contributed by atoms with van der Waals surface area (Å²) in [5.41, 5.74) is 2.55. The number of carboxylic acids is 1. The van der Waals surface area contributed by atoms with E-state index in [1.807, 2.05) is 24.3 Å². The summed E-state index contributed by atoms with van der Waals surface area (Å²) < 4.78 is 25.9. The van der Waals surface area contributed by atoms with Crippen molar-refractivity contribution in [3.05, 3.63) is 60.2 Å². The van der Waals surface area contributed by atoms with E-state index < -0.39 is 12.1 Å². The lowest BCUT2D eigenvalue weighted by Crippen LogP contribution is -2.42. The molecule has 1 N–H and O–H groups in total. The molecule has 0 unspecified atom stereocenters. The lowest BCUT2D eigenvalue weighted by Gasteiger charge is -2.38. The Labute approximate surface area is 199 Å². The zero-order valence-electron chi connectivity index (χ0n) is 19.7. The minimum atomic E-state index is -1.13. The van der Waals surface area contributed by atoms with Gasteiger partial charge in [0, 0.05) is 24.5 Å². The van der Waals surface area contributed by atoms with Crippen LogP contribution in [0.25, 0.3) is 10.9 Å². The third-order valence-corrected chi connectivity index (χ3v) is 7.04. The summed E-state index contributed by atoms with van der Waals surface area (Å²) in [6.45, 7) is 2.62. The molecule has 1 saturated heterocycles. The second kappa shape index (κ2) is 11.5. The minimum Gasteiger partial charge on any atom is -0.497 e. The molecule has 0 amide bonds. The Bertz CT molecular complexity index is 1070. The number of rotatable bonds is 11. The highest BCUT2D eigenvalue weighted by atomic mass is 19.1. The van der Waals surface area contributed by atoms with Gasteiger partial charge in [0.25, 0.3) is 0 Å². The predicted octanol–water partition coefficient (Wildman–Crippen LogP) is 5.67. The molecule has 3 atom stereocenters. The number of halogens is 1. The standard InChI is InChI=1S/C27H33FN2O4/c1-33-22-5-7-26-24(16-22)23(8-11-29-26)25(28)6-4-20-9-13-30(17-21(20)15-27(31)32)12-2-3-19-10-14-34-18-19/h5,7-8,10-11,14,16,18,20-21,25H,2-4,6,9,12-13,15,17H2,1H3,(H,31,32)/t20-,21+,25-/m1/s1. The van der Waals surface area contributed by atoms with Gasteiger partial charge in [-0.3, -0.25) is 9.78 Å². The Morgan fingerprint density at radius 1 is 1.32 bits per heavy atom. The molecule has 0 radical (unpaired) electrons. The van der Waals surface area contributed by atoms with Gasteiger partial charge in [-0.15, -0.1) is 0 Å². The number of hydrogen-bond donors (Lipinski definition) is 1. The number of benzene rings is 1. The van der Waals surface area contributed by atoms with E-state index in [4.69, 9.17) is 9.15 Å². The first-order valence-electron chi connectivity index (χ1n) is 12.1. The summed E-state index contributed by atoms with van der Waals surface area (Å²) in [5.74, 6) is 0.152. The first-order valence-corrected chi connectivity index (χ1v) is 12.1. The van der Waals surface area contributed by atoms with Crippen LogP contribution in [0.15, 0.2) is 53.5 Å². The van der Waals surface area contributed by atoms with Crippen molar-refractivity contribution >= 4 is 16.9 Å². The van der Waals surface area contributed by atoms with E-state index in [0.717, 1.165) is 49.8 Å². The Morgan fingerprint density at radius 2 is 2.21 bits per heavy atom. The van der Waals surface area contributed by atoms with Crippen molar-refractivity contribution in [2.75, 3.05) is 26.7 Å². The fraction of sp³-hybridized carbons (Fsp3) is 0.481. The molecule has 0 aliphatic carbocycles. The quantitative estimate of drug-likeness (QED) is 0.391. The van der Waals surface area contributed by atoms with Crippen LogP contribution in [0.4, 0.5) is 4.39 Å². The van der Waals surface area contributed by atoms with E-state index in [1.54, 1.807) is 31.9 Å². The zero-order valence-corrected chi connectivity index (χ0v) is 19.7.